The SMILES string of the molecule is OB(O)c1cc2oc3ccc4ccccc4c3c2c2ccccc12.[2H]c1c([2H])c([2H])c2c(-c3cc4oc5ccc6ccccc6c5c4c4ccccc34)c3c([2H])c([2H])c([2H])c([2H])c3c(-c3ccc4cc(-c5ccccc5)ccc4c3)c2c1[2H].[2H]c1c([2H])c([2H])c2c(-c3ccc4cc(-c5ccccc5)ccc4c3)c3c([2H])c([2H])c([2H])c([2H])c3c(Br)c2c1[2H]. The molecule has 22 aromatic rings. The van der Waals surface area contributed by atoms with Crippen LogP contribution in [0.4, 0.5) is 0 Å². The fourth-order valence-corrected chi connectivity index (χ4v) is 16.3. The fraction of sp³-hybridized carbons (Fsp3) is 0. The maximum Gasteiger partial charge on any atom is 0.489 e. The van der Waals surface area contributed by atoms with Gasteiger partial charge >= 0.3 is 7.12 Å². The summed E-state index contributed by atoms with van der Waals surface area (Å²) in [6, 6.07) is 81.4. The Labute approximate surface area is 641 Å². The van der Waals surface area contributed by atoms with Crippen molar-refractivity contribution in [1.29, 1.82) is 0 Å². The summed E-state index contributed by atoms with van der Waals surface area (Å²) in [7, 11) is -1.54. The first kappa shape index (κ1) is 48.1. The van der Waals surface area contributed by atoms with E-state index in [9.17, 15) is 15.5 Å². The molecule has 0 saturated carbocycles. The van der Waals surface area contributed by atoms with Crippen LogP contribution in [-0.4, -0.2) is 17.2 Å². The molecule has 4 nitrogen and oxygen atoms in total. The summed E-state index contributed by atoms with van der Waals surface area (Å²) < 4.78 is 155. The molecule has 0 atom stereocenters. The van der Waals surface area contributed by atoms with E-state index in [1.54, 1.807) is 6.07 Å². The summed E-state index contributed by atoms with van der Waals surface area (Å²) in [6.45, 7) is 0. The molecule has 0 saturated heterocycles. The molecule has 0 aliphatic heterocycles. The second-order valence-electron chi connectivity index (χ2n) is 26.3. The zero-order chi connectivity index (χ0) is 84.4. The van der Waals surface area contributed by atoms with Crippen LogP contribution in [0.25, 0.3) is 207 Å². The Morgan fingerprint density at radius 2 is 0.566 bits per heavy atom. The largest absolute Gasteiger partial charge is 0.489 e. The van der Waals surface area contributed by atoms with Crippen LogP contribution in [0.2, 0.25) is 0 Å². The van der Waals surface area contributed by atoms with Gasteiger partial charge < -0.3 is 18.9 Å². The van der Waals surface area contributed by atoms with Gasteiger partial charge in [-0.1, -0.05) is 315 Å². The Morgan fingerprint density at radius 3 is 1.01 bits per heavy atom. The number of halogens is 1. The van der Waals surface area contributed by atoms with Gasteiger partial charge in [0.15, 0.2) is 0 Å². The third-order valence-corrected chi connectivity index (χ3v) is 21.3. The zero-order valence-corrected chi connectivity index (χ0v) is 57.7. The van der Waals surface area contributed by atoms with Crippen LogP contribution in [-0.2, 0) is 0 Å². The van der Waals surface area contributed by atoms with Crippen molar-refractivity contribution >= 4 is 180 Å². The van der Waals surface area contributed by atoms with Crippen LogP contribution in [0.15, 0.2) is 377 Å². The van der Waals surface area contributed by atoms with Crippen LogP contribution in [0.1, 0.15) is 21.9 Å². The maximum atomic E-state index is 9.74. The van der Waals surface area contributed by atoms with E-state index in [0.717, 1.165) is 114 Å². The lowest BCUT2D eigenvalue weighted by Gasteiger charge is -2.19. The van der Waals surface area contributed by atoms with Crippen molar-refractivity contribution in [3.8, 4) is 55.6 Å². The average Bonchev–Trinajstić information content (AvgIpc) is 0.802. The summed E-state index contributed by atoms with van der Waals surface area (Å²) >= 11 is 3.45. The molecule has 0 unspecified atom stereocenters. The lowest BCUT2D eigenvalue weighted by molar-refractivity contribution is 0.426. The second kappa shape index (κ2) is 25.8. The molecule has 20 aromatic carbocycles. The topological polar surface area (TPSA) is 66.7 Å². The number of benzene rings is 20. The molecule has 2 N–H and O–H groups in total. The van der Waals surface area contributed by atoms with Gasteiger partial charge in [0.2, 0.25) is 0 Å². The number of hydrogen-bond acceptors (Lipinski definition) is 4. The van der Waals surface area contributed by atoms with Gasteiger partial charge in [-0.25, -0.2) is 0 Å². The molecule has 106 heavy (non-hydrogen) atoms. The third kappa shape index (κ3) is 10.5. The summed E-state index contributed by atoms with van der Waals surface area (Å²) in [4.78, 5) is 0. The predicted octanol–water partition coefficient (Wildman–Crippen LogP) is 27.2. The van der Waals surface area contributed by atoms with Crippen molar-refractivity contribution in [3.63, 3.8) is 0 Å². The fourth-order valence-electron chi connectivity index (χ4n) is 15.7. The monoisotopic (exact) mass is 1430 g/mol. The molecule has 22 rings (SSSR count). The predicted molar refractivity (Wildman–Crippen MR) is 454 cm³/mol. The average molecular weight is 1430 g/mol. The number of hydrogen-bond donors (Lipinski definition) is 2. The Hall–Kier alpha value is -12.9. The van der Waals surface area contributed by atoms with Crippen molar-refractivity contribution in [2.45, 2.75) is 0 Å². The van der Waals surface area contributed by atoms with E-state index in [2.05, 4.69) is 52.3 Å². The number of furan rings is 2. The molecule has 0 aliphatic carbocycles. The van der Waals surface area contributed by atoms with Crippen LogP contribution in [0, 0.1) is 0 Å². The Balaban J connectivity index is 0.000000128. The minimum absolute atomic E-state index is 0.161. The van der Waals surface area contributed by atoms with Gasteiger partial charge in [0.25, 0.3) is 0 Å². The van der Waals surface area contributed by atoms with E-state index >= 15 is 0 Å². The summed E-state index contributed by atoms with van der Waals surface area (Å²) in [6.07, 6.45) is 0. The Morgan fingerprint density at radius 1 is 0.245 bits per heavy atom. The van der Waals surface area contributed by atoms with Crippen molar-refractivity contribution in [2.24, 2.45) is 0 Å². The molecular weight excluding hydrogens is 1360 g/mol. The van der Waals surface area contributed by atoms with Gasteiger partial charge in [-0.3, -0.25) is 0 Å². The van der Waals surface area contributed by atoms with Gasteiger partial charge in [0.1, 0.15) is 22.3 Å². The van der Waals surface area contributed by atoms with E-state index in [1.165, 1.54) is 0 Å². The molecule has 0 aliphatic rings. The molecule has 0 fully saturated rings. The Bertz CT molecular complexity index is 8190. The normalized spacial score (nSPS) is 13.8. The number of rotatable bonds is 6. The van der Waals surface area contributed by atoms with E-state index in [0.29, 0.717) is 50.0 Å². The van der Waals surface area contributed by atoms with Crippen molar-refractivity contribution in [3.05, 3.63) is 368 Å². The van der Waals surface area contributed by atoms with Crippen LogP contribution in [0.5, 0.6) is 0 Å². The highest BCUT2D eigenvalue weighted by molar-refractivity contribution is 9.10. The molecule has 0 bridgehead atoms. The smallest absolute Gasteiger partial charge is 0.456 e. The maximum absolute atomic E-state index is 9.74. The zero-order valence-electron chi connectivity index (χ0n) is 72.1. The molecule has 6 heteroatoms. The molecule has 0 radical (unpaired) electrons. The highest BCUT2D eigenvalue weighted by Crippen LogP contribution is 2.50. The lowest BCUT2D eigenvalue weighted by atomic mass is 9.76. The standard InChI is InChI=1S/C50H30O.C30H19Br.C20H13BO3/c1-2-12-31(13-3-1)33-22-23-35-29-36(25-24-34(35)28-33)47-40-18-8-10-20-42(40)48(43-21-11-9-19-41(43)47)44-30-46-50(39-17-7-6-16-38(39)44)49-37-15-5-4-14-32(37)26-27-45(49)51-46;31-30-27-12-6-4-10-25(27)29(26-11-5-7-13-28(26)30)24-17-16-22-18-21(14-15-23(22)19-24)20-8-2-1-3-9-20;22-21(23)16-11-18-20(15-8-4-3-7-14(15)16)19-13-6-2-1-5-12(13)9-10-17(19)24-18/h1-30H;1-19H;1-11,22-23H/i8D,9D,10D,11D,18D,19D,20D,21D;4D,5D,6D,7D,10D,11D,12D,13D;. The first-order valence-electron chi connectivity index (χ1n) is 42.6. The molecule has 2 aromatic heterocycles. The van der Waals surface area contributed by atoms with Gasteiger partial charge in [-0.2, -0.15) is 0 Å². The minimum atomic E-state index is -1.54. The molecular formula is C100H62BBrO4. The van der Waals surface area contributed by atoms with E-state index < -0.39 is 55.5 Å². The van der Waals surface area contributed by atoms with Crippen LogP contribution >= 0.6 is 15.9 Å². The molecule has 0 spiro atoms. The van der Waals surface area contributed by atoms with Gasteiger partial charge in [0, 0.05) is 26.0 Å². The summed E-state index contributed by atoms with van der Waals surface area (Å²) in [5, 5.41) is 36.2. The van der Waals surface area contributed by atoms with Gasteiger partial charge in [-0.05, 0) is 233 Å². The highest BCUT2D eigenvalue weighted by Gasteiger charge is 2.25. The van der Waals surface area contributed by atoms with E-state index in [4.69, 9.17) is 25.3 Å². The lowest BCUT2D eigenvalue weighted by Crippen LogP contribution is -2.30. The first-order chi connectivity index (χ1) is 59.0. The summed E-state index contributed by atoms with van der Waals surface area (Å²) in [5.74, 6) is 0. The number of fused-ring (bicyclic) bond motifs is 20. The molecule has 2 heterocycles. The third-order valence-electron chi connectivity index (χ3n) is 20.5. The van der Waals surface area contributed by atoms with Crippen molar-refractivity contribution in [2.75, 3.05) is 0 Å². The minimum Gasteiger partial charge on any atom is -0.456 e. The van der Waals surface area contributed by atoms with Crippen LogP contribution in [0.3, 0.4) is 0 Å². The Kier molecular flexibility index (Phi) is 11.7. The van der Waals surface area contributed by atoms with Crippen LogP contribution < -0.4 is 5.46 Å². The molecule has 0 amide bonds. The first-order valence-corrected chi connectivity index (χ1v) is 35.4. The highest BCUT2D eigenvalue weighted by atomic mass is 79.9. The molecule has 496 valence electrons. The second-order valence-corrected chi connectivity index (χ2v) is 27.1. The quantitative estimate of drug-likeness (QED) is 0.129. The van der Waals surface area contributed by atoms with Gasteiger partial charge in [0.05, 0.1) is 21.9 Å². The van der Waals surface area contributed by atoms with E-state index in [-0.39, 0.29) is 101 Å². The summed E-state index contributed by atoms with van der Waals surface area (Å²) in [5.41, 5.74) is 10.0. The van der Waals surface area contributed by atoms with Crippen molar-refractivity contribution in [1.82, 2.24) is 0 Å². The van der Waals surface area contributed by atoms with Gasteiger partial charge in [-0.15, -0.1) is 0 Å². The van der Waals surface area contributed by atoms with E-state index in [1.807, 2.05) is 224 Å². The van der Waals surface area contributed by atoms with Crippen molar-refractivity contribution < 1.29 is 40.8 Å².